The van der Waals surface area contributed by atoms with E-state index in [0.29, 0.717) is 13.3 Å². The largest absolute Gasteiger partial charge is 0.454 e. The molecule has 0 fully saturated rings. The molecule has 0 aliphatic carbocycles. The van der Waals surface area contributed by atoms with Crippen LogP contribution in [-0.4, -0.2) is 16.8 Å². The molecule has 1 aromatic carbocycles. The van der Waals surface area contributed by atoms with Gasteiger partial charge >= 0.3 is 0 Å². The van der Waals surface area contributed by atoms with Crippen molar-refractivity contribution in [1.82, 2.24) is 9.97 Å². The number of nitrogens with zero attached hydrogens (tertiary/aromatic N) is 2. The van der Waals surface area contributed by atoms with E-state index < -0.39 is 0 Å². The van der Waals surface area contributed by atoms with Gasteiger partial charge in [0.1, 0.15) is 16.5 Å². The second-order valence-corrected chi connectivity index (χ2v) is 7.05. The molecule has 0 atom stereocenters. The second-order valence-electron chi connectivity index (χ2n) is 5.85. The molecule has 0 amide bonds. The summed E-state index contributed by atoms with van der Waals surface area (Å²) in [5.74, 6) is 3.40. The normalized spacial score (nSPS) is 12.8. The molecule has 3 heterocycles. The van der Waals surface area contributed by atoms with Crippen molar-refractivity contribution < 1.29 is 9.47 Å². The predicted molar refractivity (Wildman–Crippen MR) is 96.2 cm³/mol. The fourth-order valence-corrected chi connectivity index (χ4v) is 3.86. The molecule has 6 heteroatoms. The Morgan fingerprint density at radius 3 is 2.83 bits per heavy atom. The third kappa shape index (κ3) is 2.57. The van der Waals surface area contributed by atoms with E-state index in [-0.39, 0.29) is 0 Å². The fourth-order valence-electron chi connectivity index (χ4n) is 2.82. The van der Waals surface area contributed by atoms with E-state index in [1.807, 2.05) is 18.2 Å². The smallest absolute Gasteiger partial charge is 0.231 e. The molecule has 1 aliphatic heterocycles. The maximum atomic E-state index is 5.45. The number of hydrogen-bond acceptors (Lipinski definition) is 6. The molecule has 4 rings (SSSR count). The van der Waals surface area contributed by atoms with Gasteiger partial charge in [-0.1, -0.05) is 13.0 Å². The summed E-state index contributed by atoms with van der Waals surface area (Å²) in [5.41, 5.74) is 2.39. The van der Waals surface area contributed by atoms with E-state index in [0.717, 1.165) is 45.3 Å². The van der Waals surface area contributed by atoms with Gasteiger partial charge in [0, 0.05) is 17.8 Å². The van der Waals surface area contributed by atoms with Crippen LogP contribution in [0.3, 0.4) is 0 Å². The van der Waals surface area contributed by atoms with Crippen LogP contribution in [0.4, 0.5) is 5.82 Å². The first-order chi connectivity index (χ1) is 11.7. The first kappa shape index (κ1) is 15.2. The maximum absolute atomic E-state index is 5.45. The number of thiophene rings is 1. The molecule has 0 spiro atoms. The van der Waals surface area contributed by atoms with Crippen LogP contribution in [0.5, 0.6) is 11.5 Å². The number of hydrogen-bond donors (Lipinski definition) is 1. The van der Waals surface area contributed by atoms with Crippen molar-refractivity contribution in [1.29, 1.82) is 0 Å². The highest BCUT2D eigenvalue weighted by atomic mass is 32.1. The lowest BCUT2D eigenvalue weighted by Gasteiger charge is -2.10. The third-order valence-electron chi connectivity index (χ3n) is 4.29. The molecule has 124 valence electrons. The highest BCUT2D eigenvalue weighted by molar-refractivity contribution is 7.18. The summed E-state index contributed by atoms with van der Waals surface area (Å²) in [7, 11) is 0. The summed E-state index contributed by atoms with van der Waals surface area (Å²) in [5, 5.41) is 4.62. The highest BCUT2D eigenvalue weighted by Gasteiger charge is 2.16. The van der Waals surface area contributed by atoms with E-state index in [1.54, 1.807) is 11.3 Å². The molecule has 2 aromatic heterocycles. The minimum atomic E-state index is 0.298. The summed E-state index contributed by atoms with van der Waals surface area (Å²) in [6.45, 7) is 7.33. The van der Waals surface area contributed by atoms with Crippen LogP contribution < -0.4 is 14.8 Å². The number of aryl methyl sites for hydroxylation is 3. The Labute approximate surface area is 144 Å². The quantitative estimate of drug-likeness (QED) is 0.770. The van der Waals surface area contributed by atoms with Crippen LogP contribution >= 0.6 is 11.3 Å². The van der Waals surface area contributed by atoms with Crippen LogP contribution in [0.15, 0.2) is 18.2 Å². The molecule has 1 N–H and O–H groups in total. The number of ether oxygens (including phenoxy) is 2. The monoisotopic (exact) mass is 341 g/mol. The number of aromatic nitrogens is 2. The lowest BCUT2D eigenvalue weighted by molar-refractivity contribution is 0.174. The van der Waals surface area contributed by atoms with Gasteiger partial charge < -0.3 is 14.8 Å². The summed E-state index contributed by atoms with van der Waals surface area (Å²) in [6, 6.07) is 6.01. The number of fused-ring (bicyclic) bond motifs is 2. The molecule has 0 radical (unpaired) electrons. The van der Waals surface area contributed by atoms with E-state index in [4.69, 9.17) is 14.5 Å². The van der Waals surface area contributed by atoms with Gasteiger partial charge in [-0.3, -0.25) is 0 Å². The molecule has 0 bridgehead atoms. The lowest BCUT2D eigenvalue weighted by atomic mass is 10.2. The minimum absolute atomic E-state index is 0.298. The zero-order valence-electron chi connectivity index (χ0n) is 14.0. The Balaban J connectivity index is 1.66. The number of rotatable bonds is 4. The molecule has 0 unspecified atom stereocenters. The van der Waals surface area contributed by atoms with Gasteiger partial charge in [0.2, 0.25) is 6.79 Å². The highest BCUT2D eigenvalue weighted by Crippen LogP contribution is 2.35. The topological polar surface area (TPSA) is 56.3 Å². The zero-order chi connectivity index (χ0) is 16.7. The molecule has 24 heavy (non-hydrogen) atoms. The zero-order valence-corrected chi connectivity index (χ0v) is 14.8. The molecule has 3 aromatic rings. The molecular weight excluding hydrogens is 322 g/mol. The van der Waals surface area contributed by atoms with Crippen molar-refractivity contribution >= 4 is 27.4 Å². The van der Waals surface area contributed by atoms with Gasteiger partial charge in [0.15, 0.2) is 11.5 Å². The standard InChI is InChI=1S/C18H19N3O2S/c1-4-15-20-17(16-10(2)11(3)24-18(16)21-15)19-8-12-5-6-13-14(7-12)23-9-22-13/h5-7H,4,8-9H2,1-3H3,(H,19,20,21). The molecule has 0 saturated carbocycles. The first-order valence-electron chi connectivity index (χ1n) is 8.04. The molecule has 1 aliphatic rings. The van der Waals surface area contributed by atoms with Crippen LogP contribution in [0.2, 0.25) is 0 Å². The molecular formula is C18H19N3O2S. The first-order valence-corrected chi connectivity index (χ1v) is 8.86. The van der Waals surface area contributed by atoms with Gasteiger partial charge in [-0.15, -0.1) is 11.3 Å². The third-order valence-corrected chi connectivity index (χ3v) is 5.39. The summed E-state index contributed by atoms with van der Waals surface area (Å²) in [6.07, 6.45) is 0.824. The van der Waals surface area contributed by atoms with Gasteiger partial charge in [-0.25, -0.2) is 9.97 Å². The summed E-state index contributed by atoms with van der Waals surface area (Å²) >= 11 is 1.73. The minimum Gasteiger partial charge on any atom is -0.454 e. The van der Waals surface area contributed by atoms with E-state index in [9.17, 15) is 0 Å². The van der Waals surface area contributed by atoms with E-state index >= 15 is 0 Å². The molecule has 0 saturated heterocycles. The number of benzene rings is 1. The van der Waals surface area contributed by atoms with Gasteiger partial charge in [-0.2, -0.15) is 0 Å². The number of nitrogens with one attached hydrogen (secondary N) is 1. The second kappa shape index (κ2) is 5.94. The van der Waals surface area contributed by atoms with Gasteiger partial charge in [-0.05, 0) is 37.1 Å². The van der Waals surface area contributed by atoms with Crippen molar-refractivity contribution in [3.8, 4) is 11.5 Å². The maximum Gasteiger partial charge on any atom is 0.231 e. The Kier molecular flexibility index (Phi) is 3.76. The average Bonchev–Trinajstić information content (AvgIpc) is 3.16. The Bertz CT molecular complexity index is 920. The van der Waals surface area contributed by atoms with Crippen LogP contribution in [0, 0.1) is 13.8 Å². The van der Waals surface area contributed by atoms with Gasteiger partial charge in [0.25, 0.3) is 0 Å². The van der Waals surface area contributed by atoms with Crippen molar-refractivity contribution in [3.63, 3.8) is 0 Å². The Morgan fingerprint density at radius 1 is 1.17 bits per heavy atom. The Morgan fingerprint density at radius 2 is 2.00 bits per heavy atom. The Hall–Kier alpha value is -2.34. The van der Waals surface area contributed by atoms with Crippen LogP contribution in [-0.2, 0) is 13.0 Å². The number of anilines is 1. The predicted octanol–water partition coefficient (Wildman–Crippen LogP) is 4.21. The lowest BCUT2D eigenvalue weighted by Crippen LogP contribution is -2.05. The van der Waals surface area contributed by atoms with Gasteiger partial charge in [0.05, 0.1) is 5.39 Å². The summed E-state index contributed by atoms with van der Waals surface area (Å²) < 4.78 is 10.8. The van der Waals surface area contributed by atoms with Crippen LogP contribution in [0.1, 0.15) is 28.8 Å². The SMILES string of the molecule is CCc1nc(NCc2ccc3c(c2)OCO3)c2c(C)c(C)sc2n1. The van der Waals surface area contributed by atoms with Crippen molar-refractivity contribution in [2.75, 3.05) is 12.1 Å². The van der Waals surface area contributed by atoms with Crippen molar-refractivity contribution in [2.45, 2.75) is 33.7 Å². The fraction of sp³-hybridized carbons (Fsp3) is 0.333. The molecule has 5 nitrogen and oxygen atoms in total. The van der Waals surface area contributed by atoms with Crippen LogP contribution in [0.25, 0.3) is 10.2 Å². The van der Waals surface area contributed by atoms with E-state index in [2.05, 4.69) is 31.1 Å². The summed E-state index contributed by atoms with van der Waals surface area (Å²) in [4.78, 5) is 11.7. The average molecular weight is 341 g/mol. The van der Waals surface area contributed by atoms with Crippen molar-refractivity contribution in [3.05, 3.63) is 40.0 Å². The van der Waals surface area contributed by atoms with Crippen molar-refractivity contribution in [2.24, 2.45) is 0 Å². The van der Waals surface area contributed by atoms with E-state index in [1.165, 1.54) is 10.4 Å².